The lowest BCUT2D eigenvalue weighted by atomic mass is 9.97. The number of carboxylic acid groups (broad SMARTS) is 1. The van der Waals surface area contributed by atoms with E-state index in [4.69, 9.17) is 5.11 Å². The Kier molecular flexibility index (Phi) is 3.65. The van der Waals surface area contributed by atoms with Gasteiger partial charge in [-0.2, -0.15) is 0 Å². The number of benzene rings is 1. The van der Waals surface area contributed by atoms with Gasteiger partial charge in [0.25, 0.3) is 5.91 Å². The summed E-state index contributed by atoms with van der Waals surface area (Å²) < 4.78 is 0. The van der Waals surface area contributed by atoms with Gasteiger partial charge in [-0.1, -0.05) is 25.1 Å². The standard InChI is InChI=1S/C14H17NO3/c1-2-10(14(17)18)9-15-8-7-11-5-3-4-6-12(11)13(15)16/h3-6,10H,2,7-9H2,1H3,(H,17,18). The summed E-state index contributed by atoms with van der Waals surface area (Å²) >= 11 is 0. The summed E-state index contributed by atoms with van der Waals surface area (Å²) in [5, 5.41) is 9.05. The van der Waals surface area contributed by atoms with Crippen LogP contribution in [-0.2, 0) is 11.2 Å². The van der Waals surface area contributed by atoms with E-state index >= 15 is 0 Å². The molecule has 1 aromatic rings. The van der Waals surface area contributed by atoms with E-state index in [2.05, 4.69) is 0 Å². The third-order valence-electron chi connectivity index (χ3n) is 3.47. The first kappa shape index (κ1) is 12.6. The summed E-state index contributed by atoms with van der Waals surface area (Å²) in [6, 6.07) is 7.53. The Morgan fingerprint density at radius 2 is 2.17 bits per heavy atom. The van der Waals surface area contributed by atoms with Gasteiger partial charge in [0, 0.05) is 18.7 Å². The second-order valence-electron chi connectivity index (χ2n) is 4.60. The van der Waals surface area contributed by atoms with Crippen LogP contribution < -0.4 is 0 Å². The summed E-state index contributed by atoms with van der Waals surface area (Å²) in [6.07, 6.45) is 1.35. The Bertz CT molecular complexity index is 470. The minimum absolute atomic E-state index is 0.0449. The van der Waals surface area contributed by atoms with Crippen LogP contribution in [0.25, 0.3) is 0 Å². The lowest BCUT2D eigenvalue weighted by molar-refractivity contribution is -0.142. The Morgan fingerprint density at radius 1 is 1.44 bits per heavy atom. The Labute approximate surface area is 106 Å². The molecule has 0 radical (unpaired) electrons. The van der Waals surface area contributed by atoms with E-state index in [0.29, 0.717) is 25.1 Å². The predicted molar refractivity (Wildman–Crippen MR) is 67.5 cm³/mol. The van der Waals surface area contributed by atoms with Crippen LogP contribution in [0.5, 0.6) is 0 Å². The highest BCUT2D eigenvalue weighted by atomic mass is 16.4. The monoisotopic (exact) mass is 247 g/mol. The quantitative estimate of drug-likeness (QED) is 0.882. The molecule has 1 unspecified atom stereocenters. The van der Waals surface area contributed by atoms with Crippen molar-refractivity contribution in [2.24, 2.45) is 5.92 Å². The average molecular weight is 247 g/mol. The molecule has 0 bridgehead atoms. The van der Waals surface area contributed by atoms with Crippen LogP contribution in [0.1, 0.15) is 29.3 Å². The van der Waals surface area contributed by atoms with Crippen LogP contribution in [0.3, 0.4) is 0 Å². The van der Waals surface area contributed by atoms with Crippen LogP contribution in [0.15, 0.2) is 24.3 Å². The second kappa shape index (κ2) is 5.21. The SMILES string of the molecule is CCC(CN1CCc2ccccc2C1=O)C(=O)O. The topological polar surface area (TPSA) is 57.6 Å². The Morgan fingerprint density at radius 3 is 2.83 bits per heavy atom. The van der Waals surface area contributed by atoms with Gasteiger partial charge < -0.3 is 10.0 Å². The molecule has 0 aliphatic carbocycles. The van der Waals surface area contributed by atoms with E-state index in [9.17, 15) is 9.59 Å². The molecular formula is C14H17NO3. The predicted octanol–water partition coefficient (Wildman–Crippen LogP) is 1.80. The summed E-state index contributed by atoms with van der Waals surface area (Å²) in [7, 11) is 0. The van der Waals surface area contributed by atoms with E-state index in [-0.39, 0.29) is 5.91 Å². The van der Waals surface area contributed by atoms with Crippen molar-refractivity contribution in [1.29, 1.82) is 0 Å². The van der Waals surface area contributed by atoms with Crippen LogP contribution in [0.2, 0.25) is 0 Å². The molecule has 4 nitrogen and oxygen atoms in total. The van der Waals surface area contributed by atoms with Crippen LogP contribution in [0.4, 0.5) is 0 Å². The molecule has 1 aliphatic rings. The molecule has 0 fully saturated rings. The fraction of sp³-hybridized carbons (Fsp3) is 0.429. The molecule has 1 aliphatic heterocycles. The molecular weight excluding hydrogens is 230 g/mol. The summed E-state index contributed by atoms with van der Waals surface area (Å²) in [4.78, 5) is 24.9. The molecule has 1 amide bonds. The maximum Gasteiger partial charge on any atom is 0.308 e. The number of rotatable bonds is 4. The fourth-order valence-corrected chi connectivity index (χ4v) is 2.30. The van der Waals surface area contributed by atoms with Gasteiger partial charge in [0.15, 0.2) is 0 Å². The zero-order chi connectivity index (χ0) is 13.1. The van der Waals surface area contributed by atoms with Gasteiger partial charge in [0.1, 0.15) is 0 Å². The molecule has 1 aromatic carbocycles. The molecule has 1 N–H and O–H groups in total. The lowest BCUT2D eigenvalue weighted by Gasteiger charge is -2.30. The molecule has 2 rings (SSSR count). The number of carbonyl (C=O) groups excluding carboxylic acids is 1. The van der Waals surface area contributed by atoms with Crippen molar-refractivity contribution in [3.05, 3.63) is 35.4 Å². The number of hydrogen-bond acceptors (Lipinski definition) is 2. The van der Waals surface area contributed by atoms with Gasteiger partial charge in [-0.3, -0.25) is 9.59 Å². The number of fused-ring (bicyclic) bond motifs is 1. The van der Waals surface area contributed by atoms with Crippen molar-refractivity contribution in [2.45, 2.75) is 19.8 Å². The van der Waals surface area contributed by atoms with E-state index in [0.717, 1.165) is 12.0 Å². The normalized spacial score (nSPS) is 16.3. The Balaban J connectivity index is 2.14. The molecule has 0 saturated carbocycles. The van der Waals surface area contributed by atoms with Crippen molar-refractivity contribution < 1.29 is 14.7 Å². The highest BCUT2D eigenvalue weighted by Crippen LogP contribution is 2.20. The molecule has 4 heteroatoms. The van der Waals surface area contributed by atoms with Gasteiger partial charge in [-0.25, -0.2) is 0 Å². The minimum atomic E-state index is -0.829. The average Bonchev–Trinajstić information content (AvgIpc) is 2.38. The molecule has 0 spiro atoms. The van der Waals surface area contributed by atoms with Crippen LogP contribution in [-0.4, -0.2) is 35.0 Å². The van der Waals surface area contributed by atoms with Gasteiger partial charge in [0.2, 0.25) is 0 Å². The number of aliphatic carboxylic acids is 1. The number of nitrogens with zero attached hydrogens (tertiary/aromatic N) is 1. The third-order valence-corrected chi connectivity index (χ3v) is 3.47. The number of carbonyl (C=O) groups is 2. The van der Waals surface area contributed by atoms with Crippen molar-refractivity contribution in [3.63, 3.8) is 0 Å². The maximum atomic E-state index is 12.2. The van der Waals surface area contributed by atoms with E-state index < -0.39 is 11.9 Å². The van der Waals surface area contributed by atoms with Crippen LogP contribution in [0, 0.1) is 5.92 Å². The van der Waals surface area contributed by atoms with Crippen LogP contribution >= 0.6 is 0 Å². The van der Waals surface area contributed by atoms with E-state index in [1.54, 1.807) is 4.90 Å². The molecule has 96 valence electrons. The van der Waals surface area contributed by atoms with E-state index in [1.165, 1.54) is 0 Å². The molecule has 1 heterocycles. The van der Waals surface area contributed by atoms with Crippen molar-refractivity contribution >= 4 is 11.9 Å². The van der Waals surface area contributed by atoms with Gasteiger partial charge in [-0.15, -0.1) is 0 Å². The molecule has 0 aromatic heterocycles. The number of carboxylic acids is 1. The van der Waals surface area contributed by atoms with E-state index in [1.807, 2.05) is 31.2 Å². The van der Waals surface area contributed by atoms with Gasteiger partial charge in [-0.05, 0) is 24.5 Å². The van der Waals surface area contributed by atoms with Crippen molar-refractivity contribution in [1.82, 2.24) is 4.90 Å². The molecule has 18 heavy (non-hydrogen) atoms. The number of hydrogen-bond donors (Lipinski definition) is 1. The minimum Gasteiger partial charge on any atom is -0.481 e. The highest BCUT2D eigenvalue weighted by Gasteiger charge is 2.27. The first-order valence-corrected chi connectivity index (χ1v) is 6.23. The summed E-state index contributed by atoms with van der Waals surface area (Å²) in [6.45, 7) is 2.75. The zero-order valence-corrected chi connectivity index (χ0v) is 10.4. The molecule has 0 saturated heterocycles. The highest BCUT2D eigenvalue weighted by molar-refractivity contribution is 5.96. The van der Waals surface area contributed by atoms with Gasteiger partial charge >= 0.3 is 5.97 Å². The lowest BCUT2D eigenvalue weighted by Crippen LogP contribution is -2.42. The molecule has 1 atom stereocenters. The maximum absolute atomic E-state index is 12.2. The fourth-order valence-electron chi connectivity index (χ4n) is 2.30. The van der Waals surface area contributed by atoms with Crippen molar-refractivity contribution in [3.8, 4) is 0 Å². The smallest absolute Gasteiger partial charge is 0.308 e. The number of amides is 1. The first-order valence-electron chi connectivity index (χ1n) is 6.23. The first-order chi connectivity index (χ1) is 8.63. The summed E-state index contributed by atoms with van der Waals surface area (Å²) in [5.41, 5.74) is 1.77. The Hall–Kier alpha value is -1.84. The summed E-state index contributed by atoms with van der Waals surface area (Å²) in [5.74, 6) is -1.35. The third kappa shape index (κ3) is 2.37. The van der Waals surface area contributed by atoms with Gasteiger partial charge in [0.05, 0.1) is 5.92 Å². The zero-order valence-electron chi connectivity index (χ0n) is 10.4. The largest absolute Gasteiger partial charge is 0.481 e. The second-order valence-corrected chi connectivity index (χ2v) is 4.60. The van der Waals surface area contributed by atoms with Crippen molar-refractivity contribution in [2.75, 3.05) is 13.1 Å².